The largest absolute Gasteiger partial charge is 0.481 e. The highest BCUT2D eigenvalue weighted by Crippen LogP contribution is 2.32. The van der Waals surface area contributed by atoms with Crippen molar-refractivity contribution in [3.63, 3.8) is 0 Å². The Labute approximate surface area is 127 Å². The van der Waals surface area contributed by atoms with Crippen LogP contribution in [0, 0.1) is 0 Å². The minimum absolute atomic E-state index is 0.0694. The molecule has 0 saturated heterocycles. The molecule has 0 aliphatic carbocycles. The van der Waals surface area contributed by atoms with Gasteiger partial charge in [-0.3, -0.25) is 19.7 Å². The molecule has 3 aromatic rings. The summed E-state index contributed by atoms with van der Waals surface area (Å²) < 4.78 is 0. The van der Waals surface area contributed by atoms with E-state index in [4.69, 9.17) is 5.11 Å². The Morgan fingerprint density at radius 1 is 0.955 bits per heavy atom. The molecule has 3 heterocycles. The highest BCUT2D eigenvalue weighted by atomic mass is 16.4. The minimum Gasteiger partial charge on any atom is -0.481 e. The van der Waals surface area contributed by atoms with Crippen LogP contribution in [0.15, 0.2) is 61.3 Å². The molecule has 3 rings (SSSR count). The van der Waals surface area contributed by atoms with E-state index < -0.39 is 5.97 Å². The smallest absolute Gasteiger partial charge is 0.307 e. The number of pyridine rings is 3. The van der Waals surface area contributed by atoms with Crippen molar-refractivity contribution in [1.82, 2.24) is 15.0 Å². The molecule has 0 atom stereocenters. The highest BCUT2D eigenvalue weighted by Gasteiger charge is 2.15. The predicted molar refractivity (Wildman–Crippen MR) is 82.0 cm³/mol. The summed E-state index contributed by atoms with van der Waals surface area (Å²) in [5.74, 6) is -0.881. The average Bonchev–Trinajstić information content (AvgIpc) is 2.56. The molecule has 5 nitrogen and oxygen atoms in total. The summed E-state index contributed by atoms with van der Waals surface area (Å²) >= 11 is 0. The molecule has 108 valence electrons. The van der Waals surface area contributed by atoms with Gasteiger partial charge in [-0.15, -0.1) is 0 Å². The van der Waals surface area contributed by atoms with Gasteiger partial charge in [0.15, 0.2) is 0 Å². The zero-order chi connectivity index (χ0) is 15.4. The zero-order valence-electron chi connectivity index (χ0n) is 11.7. The van der Waals surface area contributed by atoms with Crippen LogP contribution in [0.3, 0.4) is 0 Å². The lowest BCUT2D eigenvalue weighted by Crippen LogP contribution is -2.04. The Kier molecular flexibility index (Phi) is 3.87. The van der Waals surface area contributed by atoms with Crippen molar-refractivity contribution in [3.05, 3.63) is 66.9 Å². The molecule has 0 radical (unpaired) electrons. The number of nitrogens with zero attached hydrogens (tertiary/aromatic N) is 3. The molecule has 0 aliphatic heterocycles. The molecule has 1 N–H and O–H groups in total. The molecular formula is C17H13N3O2. The van der Waals surface area contributed by atoms with Crippen LogP contribution in [0.1, 0.15) is 5.56 Å². The first kappa shape index (κ1) is 13.9. The molecule has 0 aromatic carbocycles. The van der Waals surface area contributed by atoms with Gasteiger partial charge in [-0.05, 0) is 29.8 Å². The number of rotatable bonds is 4. The van der Waals surface area contributed by atoms with Gasteiger partial charge in [-0.25, -0.2) is 0 Å². The van der Waals surface area contributed by atoms with Crippen molar-refractivity contribution in [2.45, 2.75) is 6.42 Å². The Balaban J connectivity index is 2.24. The zero-order valence-corrected chi connectivity index (χ0v) is 11.7. The van der Waals surface area contributed by atoms with Crippen LogP contribution in [0.4, 0.5) is 0 Å². The van der Waals surface area contributed by atoms with Crippen molar-refractivity contribution < 1.29 is 9.90 Å². The SMILES string of the molecule is O=C(O)Cc1ccnc(-c2cccnc2)c1-c1cccnc1. The number of hydrogen-bond donors (Lipinski definition) is 1. The third-order valence-electron chi connectivity index (χ3n) is 3.26. The summed E-state index contributed by atoms with van der Waals surface area (Å²) in [7, 11) is 0. The van der Waals surface area contributed by atoms with E-state index in [2.05, 4.69) is 15.0 Å². The van der Waals surface area contributed by atoms with E-state index in [1.165, 1.54) is 0 Å². The van der Waals surface area contributed by atoms with Crippen LogP contribution >= 0.6 is 0 Å². The number of carboxylic acid groups (broad SMARTS) is 1. The van der Waals surface area contributed by atoms with Gasteiger partial charge in [0.1, 0.15) is 0 Å². The second kappa shape index (κ2) is 6.13. The summed E-state index contributed by atoms with van der Waals surface area (Å²) in [6.07, 6.45) is 8.35. The van der Waals surface area contributed by atoms with Crippen LogP contribution in [-0.2, 0) is 11.2 Å². The maximum Gasteiger partial charge on any atom is 0.307 e. The van der Waals surface area contributed by atoms with Crippen LogP contribution in [0.25, 0.3) is 22.4 Å². The van der Waals surface area contributed by atoms with Crippen molar-refractivity contribution >= 4 is 5.97 Å². The van der Waals surface area contributed by atoms with Crippen molar-refractivity contribution in [2.75, 3.05) is 0 Å². The van der Waals surface area contributed by atoms with E-state index in [-0.39, 0.29) is 6.42 Å². The van der Waals surface area contributed by atoms with E-state index in [1.807, 2.05) is 24.3 Å². The van der Waals surface area contributed by atoms with Gasteiger partial charge < -0.3 is 5.11 Å². The first-order valence-electron chi connectivity index (χ1n) is 6.76. The summed E-state index contributed by atoms with van der Waals surface area (Å²) in [5, 5.41) is 9.15. The number of carbonyl (C=O) groups is 1. The molecule has 0 spiro atoms. The Morgan fingerprint density at radius 2 is 1.64 bits per heavy atom. The molecule has 3 aromatic heterocycles. The summed E-state index contributed by atoms with van der Waals surface area (Å²) in [5.41, 5.74) is 3.87. The van der Waals surface area contributed by atoms with Crippen molar-refractivity contribution in [1.29, 1.82) is 0 Å². The standard InChI is InChI=1S/C17H13N3O2/c21-15(22)9-12-5-8-20-17(14-4-2-7-19-11-14)16(12)13-3-1-6-18-10-13/h1-8,10-11H,9H2,(H,21,22). The molecule has 0 fully saturated rings. The summed E-state index contributed by atoms with van der Waals surface area (Å²) in [4.78, 5) is 23.8. The second-order valence-electron chi connectivity index (χ2n) is 4.75. The Hall–Kier alpha value is -3.08. The molecular weight excluding hydrogens is 278 g/mol. The van der Waals surface area contributed by atoms with Crippen LogP contribution in [0.2, 0.25) is 0 Å². The maximum atomic E-state index is 11.2. The van der Waals surface area contributed by atoms with E-state index in [9.17, 15) is 4.79 Å². The molecule has 0 bridgehead atoms. The van der Waals surface area contributed by atoms with Crippen LogP contribution in [0.5, 0.6) is 0 Å². The quantitative estimate of drug-likeness (QED) is 0.800. The Morgan fingerprint density at radius 3 is 2.23 bits per heavy atom. The van der Waals surface area contributed by atoms with Crippen molar-refractivity contribution in [2.24, 2.45) is 0 Å². The topological polar surface area (TPSA) is 76.0 Å². The second-order valence-corrected chi connectivity index (χ2v) is 4.75. The fourth-order valence-electron chi connectivity index (χ4n) is 2.37. The van der Waals surface area contributed by atoms with E-state index >= 15 is 0 Å². The molecule has 0 aliphatic rings. The lowest BCUT2D eigenvalue weighted by Gasteiger charge is -2.13. The molecule has 22 heavy (non-hydrogen) atoms. The van der Waals surface area contributed by atoms with Crippen LogP contribution < -0.4 is 0 Å². The normalized spacial score (nSPS) is 10.4. The van der Waals surface area contributed by atoms with Gasteiger partial charge in [0.05, 0.1) is 12.1 Å². The third kappa shape index (κ3) is 2.83. The fraction of sp³-hybridized carbons (Fsp3) is 0.0588. The van der Waals surface area contributed by atoms with E-state index in [1.54, 1.807) is 37.1 Å². The lowest BCUT2D eigenvalue weighted by atomic mass is 9.95. The highest BCUT2D eigenvalue weighted by molar-refractivity contribution is 5.85. The van der Waals surface area contributed by atoms with Gasteiger partial charge in [0.2, 0.25) is 0 Å². The first-order valence-corrected chi connectivity index (χ1v) is 6.76. The first-order chi connectivity index (χ1) is 10.8. The average molecular weight is 291 g/mol. The minimum atomic E-state index is -0.881. The van der Waals surface area contributed by atoms with E-state index in [0.29, 0.717) is 11.3 Å². The van der Waals surface area contributed by atoms with Gasteiger partial charge in [0.25, 0.3) is 0 Å². The molecule has 0 unspecified atom stereocenters. The van der Waals surface area contributed by atoms with Gasteiger partial charge >= 0.3 is 5.97 Å². The maximum absolute atomic E-state index is 11.2. The number of carboxylic acids is 1. The van der Waals surface area contributed by atoms with Gasteiger partial charge in [0, 0.05) is 47.7 Å². The van der Waals surface area contributed by atoms with Crippen LogP contribution in [-0.4, -0.2) is 26.0 Å². The Bertz CT molecular complexity index is 790. The number of aromatic nitrogens is 3. The fourth-order valence-corrected chi connectivity index (χ4v) is 2.37. The predicted octanol–water partition coefficient (Wildman–Crippen LogP) is 2.83. The molecule has 5 heteroatoms. The van der Waals surface area contributed by atoms with Crippen molar-refractivity contribution in [3.8, 4) is 22.4 Å². The van der Waals surface area contributed by atoms with Gasteiger partial charge in [-0.2, -0.15) is 0 Å². The van der Waals surface area contributed by atoms with Gasteiger partial charge in [-0.1, -0.05) is 6.07 Å². The summed E-state index contributed by atoms with van der Waals surface area (Å²) in [6, 6.07) is 9.18. The number of aliphatic carboxylic acids is 1. The van der Waals surface area contributed by atoms with E-state index in [0.717, 1.165) is 16.7 Å². The molecule has 0 saturated carbocycles. The summed E-state index contributed by atoms with van der Waals surface area (Å²) in [6.45, 7) is 0. The lowest BCUT2D eigenvalue weighted by molar-refractivity contribution is -0.136. The molecule has 0 amide bonds. The third-order valence-corrected chi connectivity index (χ3v) is 3.26. The number of hydrogen-bond acceptors (Lipinski definition) is 4. The monoisotopic (exact) mass is 291 g/mol.